The minimum atomic E-state index is -3.30. The summed E-state index contributed by atoms with van der Waals surface area (Å²) in [5.41, 5.74) is 1.31. The van der Waals surface area contributed by atoms with Gasteiger partial charge >= 0.3 is 0 Å². The zero-order valence-corrected chi connectivity index (χ0v) is 13.6. The van der Waals surface area contributed by atoms with Crippen LogP contribution in [0.5, 0.6) is 0 Å². The van der Waals surface area contributed by atoms with Gasteiger partial charge in [0.05, 0.1) is 17.0 Å². The van der Waals surface area contributed by atoms with Gasteiger partial charge in [-0.2, -0.15) is 0 Å². The van der Waals surface area contributed by atoms with E-state index in [0.29, 0.717) is 10.7 Å². The van der Waals surface area contributed by atoms with Crippen LogP contribution in [0.15, 0.2) is 18.2 Å². The van der Waals surface area contributed by atoms with Crippen molar-refractivity contribution in [3.63, 3.8) is 0 Å². The monoisotopic (exact) mass is 318 g/mol. The van der Waals surface area contributed by atoms with Gasteiger partial charge in [-0.15, -0.1) is 0 Å². The summed E-state index contributed by atoms with van der Waals surface area (Å²) in [5.74, 6) is 0. The summed E-state index contributed by atoms with van der Waals surface area (Å²) in [4.78, 5) is 0. The van der Waals surface area contributed by atoms with Crippen LogP contribution in [0.2, 0.25) is 5.02 Å². The van der Waals surface area contributed by atoms with Crippen LogP contribution in [-0.4, -0.2) is 21.2 Å². The lowest BCUT2D eigenvalue weighted by molar-refractivity contribution is 0.607. The second-order valence-electron chi connectivity index (χ2n) is 4.91. The molecule has 0 radical (unpaired) electrons. The third-order valence-corrected chi connectivity index (χ3v) is 3.78. The number of sulfonamides is 1. The number of anilines is 2. The maximum absolute atomic E-state index is 11.1. The van der Waals surface area contributed by atoms with Crippen molar-refractivity contribution < 1.29 is 8.42 Å². The molecule has 6 heteroatoms. The van der Waals surface area contributed by atoms with Gasteiger partial charge in [0.1, 0.15) is 0 Å². The Morgan fingerprint density at radius 3 is 2.45 bits per heavy atom. The Labute approximate surface area is 127 Å². The van der Waals surface area contributed by atoms with Crippen LogP contribution in [0.3, 0.4) is 0 Å². The number of hydrogen-bond donors (Lipinski definition) is 2. The number of halogens is 1. The summed E-state index contributed by atoms with van der Waals surface area (Å²) in [7, 11) is -3.30. The minimum absolute atomic E-state index is 0.395. The Bertz CT molecular complexity index is 518. The van der Waals surface area contributed by atoms with E-state index in [9.17, 15) is 8.42 Å². The Morgan fingerprint density at radius 1 is 1.15 bits per heavy atom. The zero-order chi connectivity index (χ0) is 15.0. The van der Waals surface area contributed by atoms with Crippen molar-refractivity contribution in [1.82, 2.24) is 0 Å². The lowest BCUT2D eigenvalue weighted by Crippen LogP contribution is -2.10. The number of unbranched alkanes of at least 4 members (excludes halogenated alkanes) is 4. The molecule has 0 unspecified atom stereocenters. The molecule has 0 saturated heterocycles. The molecule has 1 aromatic rings. The van der Waals surface area contributed by atoms with E-state index >= 15 is 0 Å². The molecule has 1 aromatic carbocycles. The molecule has 4 nitrogen and oxygen atoms in total. The van der Waals surface area contributed by atoms with E-state index in [1.807, 2.05) is 6.07 Å². The largest absolute Gasteiger partial charge is 0.385 e. The summed E-state index contributed by atoms with van der Waals surface area (Å²) in [6.07, 6.45) is 7.26. The number of rotatable bonds is 9. The molecule has 0 aliphatic heterocycles. The van der Waals surface area contributed by atoms with E-state index in [1.54, 1.807) is 12.1 Å². The van der Waals surface area contributed by atoms with Crippen LogP contribution in [0, 0.1) is 0 Å². The third kappa shape index (κ3) is 7.01. The molecule has 0 saturated carbocycles. The summed E-state index contributed by atoms with van der Waals surface area (Å²) in [6, 6.07) is 5.23. The van der Waals surface area contributed by atoms with Gasteiger partial charge < -0.3 is 5.32 Å². The van der Waals surface area contributed by atoms with Gasteiger partial charge in [-0.25, -0.2) is 8.42 Å². The molecule has 114 valence electrons. The van der Waals surface area contributed by atoms with Crippen molar-refractivity contribution >= 4 is 33.0 Å². The average Bonchev–Trinajstić information content (AvgIpc) is 2.35. The van der Waals surface area contributed by atoms with Crippen LogP contribution >= 0.6 is 11.6 Å². The summed E-state index contributed by atoms with van der Waals surface area (Å²) >= 11 is 6.05. The molecule has 0 amide bonds. The SMILES string of the molecule is CCCCCCCNc1ccc(NS(C)(=O)=O)c(Cl)c1. The van der Waals surface area contributed by atoms with Crippen molar-refractivity contribution in [3.05, 3.63) is 23.2 Å². The topological polar surface area (TPSA) is 58.2 Å². The highest BCUT2D eigenvalue weighted by Crippen LogP contribution is 2.26. The van der Waals surface area contributed by atoms with E-state index in [-0.39, 0.29) is 0 Å². The van der Waals surface area contributed by atoms with Crippen molar-refractivity contribution in [2.45, 2.75) is 39.0 Å². The number of nitrogens with one attached hydrogen (secondary N) is 2. The fraction of sp³-hybridized carbons (Fsp3) is 0.571. The standard InChI is InChI=1S/C14H23ClN2O2S/c1-3-4-5-6-7-10-16-12-8-9-14(13(15)11-12)17-20(2,18)19/h8-9,11,16-17H,3-7,10H2,1-2H3. The van der Waals surface area contributed by atoms with Gasteiger partial charge in [-0.1, -0.05) is 44.2 Å². The first-order chi connectivity index (χ1) is 9.42. The highest BCUT2D eigenvalue weighted by molar-refractivity contribution is 7.92. The molecule has 2 N–H and O–H groups in total. The molecule has 1 rings (SSSR count). The molecular weight excluding hydrogens is 296 g/mol. The second kappa shape index (κ2) is 8.37. The van der Waals surface area contributed by atoms with E-state index in [0.717, 1.165) is 24.9 Å². The van der Waals surface area contributed by atoms with E-state index in [1.165, 1.54) is 25.7 Å². The van der Waals surface area contributed by atoms with Crippen LogP contribution in [0.1, 0.15) is 39.0 Å². The third-order valence-electron chi connectivity index (χ3n) is 2.87. The Hall–Kier alpha value is -0.940. The van der Waals surface area contributed by atoms with Crippen molar-refractivity contribution in [2.75, 3.05) is 22.8 Å². The van der Waals surface area contributed by atoms with Crippen LogP contribution < -0.4 is 10.0 Å². The van der Waals surface area contributed by atoms with Gasteiger partial charge in [-0.05, 0) is 24.6 Å². The van der Waals surface area contributed by atoms with Gasteiger partial charge in [0.25, 0.3) is 0 Å². The molecule has 0 spiro atoms. The lowest BCUT2D eigenvalue weighted by atomic mass is 10.1. The lowest BCUT2D eigenvalue weighted by Gasteiger charge is -2.10. The highest BCUT2D eigenvalue weighted by atomic mass is 35.5. The Balaban J connectivity index is 2.43. The van der Waals surface area contributed by atoms with Crippen LogP contribution in [0.25, 0.3) is 0 Å². The number of benzene rings is 1. The Morgan fingerprint density at radius 2 is 1.85 bits per heavy atom. The smallest absolute Gasteiger partial charge is 0.229 e. The van der Waals surface area contributed by atoms with Gasteiger partial charge in [-0.3, -0.25) is 4.72 Å². The van der Waals surface area contributed by atoms with Crippen molar-refractivity contribution in [2.24, 2.45) is 0 Å². The van der Waals surface area contributed by atoms with E-state index < -0.39 is 10.0 Å². The molecule has 0 aromatic heterocycles. The molecule has 0 atom stereocenters. The fourth-order valence-corrected chi connectivity index (χ4v) is 2.73. The molecule has 20 heavy (non-hydrogen) atoms. The van der Waals surface area contributed by atoms with Crippen LogP contribution in [-0.2, 0) is 10.0 Å². The predicted molar refractivity (Wildman–Crippen MR) is 87.2 cm³/mol. The molecule has 0 heterocycles. The van der Waals surface area contributed by atoms with Gasteiger partial charge in [0.15, 0.2) is 0 Å². The first-order valence-corrected chi connectivity index (χ1v) is 9.20. The average molecular weight is 319 g/mol. The fourth-order valence-electron chi connectivity index (χ4n) is 1.87. The minimum Gasteiger partial charge on any atom is -0.385 e. The summed E-state index contributed by atoms with van der Waals surface area (Å²) in [5, 5.41) is 3.69. The molecule has 0 aliphatic rings. The molecule has 0 bridgehead atoms. The maximum Gasteiger partial charge on any atom is 0.229 e. The summed E-state index contributed by atoms with van der Waals surface area (Å²) in [6.45, 7) is 3.10. The highest BCUT2D eigenvalue weighted by Gasteiger charge is 2.06. The quantitative estimate of drug-likeness (QED) is 0.674. The summed E-state index contributed by atoms with van der Waals surface area (Å²) < 4.78 is 24.7. The predicted octanol–water partition coefficient (Wildman–Crippen LogP) is 4.09. The van der Waals surface area contributed by atoms with Crippen LogP contribution in [0.4, 0.5) is 11.4 Å². The normalized spacial score (nSPS) is 11.3. The van der Waals surface area contributed by atoms with Crippen molar-refractivity contribution in [1.29, 1.82) is 0 Å². The van der Waals surface area contributed by atoms with E-state index in [2.05, 4.69) is 17.0 Å². The van der Waals surface area contributed by atoms with Gasteiger partial charge in [0, 0.05) is 12.2 Å². The van der Waals surface area contributed by atoms with Gasteiger partial charge in [0.2, 0.25) is 10.0 Å². The Kier molecular flexibility index (Phi) is 7.16. The zero-order valence-electron chi connectivity index (χ0n) is 12.1. The second-order valence-corrected chi connectivity index (χ2v) is 7.07. The molecule has 0 aliphatic carbocycles. The first-order valence-electron chi connectivity index (χ1n) is 6.93. The first kappa shape index (κ1) is 17.1. The van der Waals surface area contributed by atoms with E-state index in [4.69, 9.17) is 11.6 Å². The van der Waals surface area contributed by atoms with Crippen molar-refractivity contribution in [3.8, 4) is 0 Å². The number of hydrogen-bond acceptors (Lipinski definition) is 3. The maximum atomic E-state index is 11.1. The molecular formula is C14H23ClN2O2S. The molecule has 0 fully saturated rings.